The smallest absolute Gasteiger partial charge is 0.356 e. The first-order valence-corrected chi connectivity index (χ1v) is 10.0. The second-order valence-electron chi connectivity index (χ2n) is 7.55. The first-order chi connectivity index (χ1) is 14.6. The zero-order valence-electron chi connectivity index (χ0n) is 17.0. The molecule has 0 saturated carbocycles. The summed E-state index contributed by atoms with van der Waals surface area (Å²) in [6.45, 7) is 0.848. The lowest BCUT2D eigenvalue weighted by Gasteiger charge is -2.32. The van der Waals surface area contributed by atoms with E-state index in [1.54, 1.807) is 6.07 Å². The van der Waals surface area contributed by atoms with E-state index < -0.39 is 5.97 Å². The summed E-state index contributed by atoms with van der Waals surface area (Å²) >= 11 is 0. The maximum absolute atomic E-state index is 12.2. The van der Waals surface area contributed by atoms with Gasteiger partial charge in [-0.15, -0.1) is 0 Å². The standard InChI is InChI=1S/C24H22N4O2/c1-27-15-19(14-25-27)16-9-10-22-18(12-16)7-5-11-28(22)23-20-8-4-3-6-17(20)13-21(26-23)24(29)30-2/h3-4,6,8-10,12-15H,5,7,11H2,1-2H3. The number of rotatable bonds is 3. The van der Waals surface area contributed by atoms with Gasteiger partial charge >= 0.3 is 5.97 Å². The Balaban J connectivity index is 1.64. The number of fused-ring (bicyclic) bond motifs is 2. The average molecular weight is 398 g/mol. The van der Waals surface area contributed by atoms with Crippen molar-refractivity contribution in [3.05, 3.63) is 72.2 Å². The SMILES string of the molecule is COC(=O)c1cc2ccccc2c(N2CCCc3cc(-c4cnn(C)c4)ccc32)n1. The number of aromatic nitrogens is 3. The molecule has 1 aliphatic heterocycles. The van der Waals surface area contributed by atoms with Crippen LogP contribution in [0, 0.1) is 0 Å². The second-order valence-corrected chi connectivity index (χ2v) is 7.55. The zero-order valence-corrected chi connectivity index (χ0v) is 17.0. The maximum Gasteiger partial charge on any atom is 0.356 e. The Labute approximate surface area is 174 Å². The predicted molar refractivity (Wildman–Crippen MR) is 117 cm³/mol. The van der Waals surface area contributed by atoms with Crippen LogP contribution < -0.4 is 4.90 Å². The van der Waals surface area contributed by atoms with Gasteiger partial charge in [-0.25, -0.2) is 9.78 Å². The Kier molecular flexibility index (Phi) is 4.47. The summed E-state index contributed by atoms with van der Waals surface area (Å²) in [6, 6.07) is 16.3. The van der Waals surface area contributed by atoms with Gasteiger partial charge in [-0.3, -0.25) is 4.68 Å². The van der Waals surface area contributed by atoms with Crippen LogP contribution in [-0.2, 0) is 18.2 Å². The molecule has 0 N–H and O–H groups in total. The van der Waals surface area contributed by atoms with Gasteiger partial charge in [0.25, 0.3) is 0 Å². The van der Waals surface area contributed by atoms with E-state index in [1.165, 1.54) is 12.7 Å². The number of esters is 1. The Morgan fingerprint density at radius 3 is 2.77 bits per heavy atom. The number of aryl methyl sites for hydroxylation is 2. The number of hydrogen-bond acceptors (Lipinski definition) is 5. The molecule has 6 heteroatoms. The van der Waals surface area contributed by atoms with Gasteiger partial charge in [-0.05, 0) is 47.6 Å². The molecular weight excluding hydrogens is 376 g/mol. The zero-order chi connectivity index (χ0) is 20.7. The van der Waals surface area contributed by atoms with E-state index in [4.69, 9.17) is 9.72 Å². The van der Waals surface area contributed by atoms with Crippen molar-refractivity contribution >= 4 is 28.2 Å². The molecule has 150 valence electrons. The Bertz CT molecular complexity index is 1260. The fourth-order valence-corrected chi connectivity index (χ4v) is 4.16. The van der Waals surface area contributed by atoms with Gasteiger partial charge in [-0.1, -0.05) is 30.3 Å². The number of ether oxygens (including phenoxy) is 1. The number of nitrogens with zero attached hydrogens (tertiary/aromatic N) is 4. The fourth-order valence-electron chi connectivity index (χ4n) is 4.16. The van der Waals surface area contributed by atoms with Crippen molar-refractivity contribution in [3.63, 3.8) is 0 Å². The van der Waals surface area contributed by atoms with Crippen LogP contribution in [0.4, 0.5) is 11.5 Å². The lowest BCUT2D eigenvalue weighted by molar-refractivity contribution is 0.0594. The van der Waals surface area contributed by atoms with E-state index >= 15 is 0 Å². The monoisotopic (exact) mass is 398 g/mol. The van der Waals surface area contributed by atoms with Crippen LogP contribution in [0.15, 0.2) is 60.9 Å². The van der Waals surface area contributed by atoms with E-state index in [1.807, 2.05) is 42.3 Å². The molecule has 0 bridgehead atoms. The number of benzene rings is 2. The van der Waals surface area contributed by atoms with Crippen molar-refractivity contribution in [1.29, 1.82) is 0 Å². The van der Waals surface area contributed by atoms with Gasteiger partial charge in [0.1, 0.15) is 5.82 Å². The molecule has 0 aliphatic carbocycles. The molecule has 30 heavy (non-hydrogen) atoms. The van der Waals surface area contributed by atoms with Crippen LogP contribution in [0.3, 0.4) is 0 Å². The first kappa shape index (κ1) is 18.4. The quantitative estimate of drug-likeness (QED) is 0.475. The lowest BCUT2D eigenvalue weighted by Crippen LogP contribution is -2.26. The van der Waals surface area contributed by atoms with E-state index in [-0.39, 0.29) is 0 Å². The van der Waals surface area contributed by atoms with Gasteiger partial charge in [0.15, 0.2) is 5.69 Å². The number of carbonyl (C=O) groups is 1. The average Bonchev–Trinajstić information content (AvgIpc) is 3.23. The summed E-state index contributed by atoms with van der Waals surface area (Å²) in [6.07, 6.45) is 5.94. The highest BCUT2D eigenvalue weighted by atomic mass is 16.5. The molecule has 2 aromatic heterocycles. The van der Waals surface area contributed by atoms with Gasteiger partial charge in [0, 0.05) is 36.4 Å². The van der Waals surface area contributed by atoms with Crippen LogP contribution in [0.25, 0.3) is 21.9 Å². The Hall–Kier alpha value is -3.67. The van der Waals surface area contributed by atoms with E-state index in [0.717, 1.165) is 52.8 Å². The summed E-state index contributed by atoms with van der Waals surface area (Å²) in [5.41, 5.74) is 4.99. The molecular formula is C24H22N4O2. The Morgan fingerprint density at radius 2 is 1.97 bits per heavy atom. The summed E-state index contributed by atoms with van der Waals surface area (Å²) < 4.78 is 6.75. The number of anilines is 2. The molecule has 0 amide bonds. The largest absolute Gasteiger partial charge is 0.464 e. The lowest BCUT2D eigenvalue weighted by atomic mass is 9.97. The highest BCUT2D eigenvalue weighted by molar-refractivity contribution is 5.99. The summed E-state index contributed by atoms with van der Waals surface area (Å²) in [5.74, 6) is 0.370. The van der Waals surface area contributed by atoms with Crippen LogP contribution in [0.1, 0.15) is 22.5 Å². The molecule has 0 radical (unpaired) electrons. The molecule has 1 aliphatic rings. The minimum absolute atomic E-state index is 0.324. The summed E-state index contributed by atoms with van der Waals surface area (Å²) in [4.78, 5) is 19.2. The highest BCUT2D eigenvalue weighted by Gasteiger charge is 2.23. The predicted octanol–water partition coefficient (Wildman–Crippen LogP) is 4.51. The van der Waals surface area contributed by atoms with Crippen LogP contribution in [0.5, 0.6) is 0 Å². The van der Waals surface area contributed by atoms with Crippen molar-refractivity contribution < 1.29 is 9.53 Å². The number of pyridine rings is 1. The molecule has 4 aromatic rings. The molecule has 6 nitrogen and oxygen atoms in total. The van der Waals surface area contributed by atoms with E-state index in [0.29, 0.717) is 5.69 Å². The van der Waals surface area contributed by atoms with Gasteiger partial charge < -0.3 is 9.64 Å². The molecule has 0 fully saturated rings. The third kappa shape index (κ3) is 3.10. The minimum atomic E-state index is -0.425. The Morgan fingerprint density at radius 1 is 1.10 bits per heavy atom. The minimum Gasteiger partial charge on any atom is -0.464 e. The summed E-state index contributed by atoms with van der Waals surface area (Å²) in [7, 11) is 3.31. The van der Waals surface area contributed by atoms with Crippen LogP contribution in [0.2, 0.25) is 0 Å². The number of methoxy groups -OCH3 is 1. The second kappa shape index (κ2) is 7.30. The molecule has 0 atom stereocenters. The maximum atomic E-state index is 12.2. The molecule has 5 rings (SSSR count). The van der Waals surface area contributed by atoms with Crippen molar-refractivity contribution in [2.75, 3.05) is 18.6 Å². The highest BCUT2D eigenvalue weighted by Crippen LogP contribution is 2.38. The van der Waals surface area contributed by atoms with Gasteiger partial charge in [0.05, 0.1) is 13.3 Å². The van der Waals surface area contributed by atoms with E-state index in [9.17, 15) is 4.79 Å². The molecule has 2 aromatic carbocycles. The van der Waals surface area contributed by atoms with Crippen LogP contribution >= 0.6 is 0 Å². The molecule has 0 spiro atoms. The molecule has 0 unspecified atom stereocenters. The van der Waals surface area contributed by atoms with Gasteiger partial charge in [-0.2, -0.15) is 5.10 Å². The summed E-state index contributed by atoms with van der Waals surface area (Å²) in [5, 5.41) is 6.29. The van der Waals surface area contributed by atoms with E-state index in [2.05, 4.69) is 34.3 Å². The van der Waals surface area contributed by atoms with Crippen molar-refractivity contribution in [2.45, 2.75) is 12.8 Å². The number of hydrogen-bond donors (Lipinski definition) is 0. The topological polar surface area (TPSA) is 60.2 Å². The van der Waals surface area contributed by atoms with Crippen molar-refractivity contribution in [2.24, 2.45) is 7.05 Å². The van der Waals surface area contributed by atoms with Crippen LogP contribution in [-0.4, -0.2) is 34.4 Å². The molecule has 3 heterocycles. The number of carbonyl (C=O) groups excluding carboxylic acids is 1. The first-order valence-electron chi connectivity index (χ1n) is 10.0. The van der Waals surface area contributed by atoms with Crippen molar-refractivity contribution in [1.82, 2.24) is 14.8 Å². The normalized spacial score (nSPS) is 13.3. The third-order valence-electron chi connectivity index (χ3n) is 5.61. The molecule has 0 saturated heterocycles. The third-order valence-corrected chi connectivity index (χ3v) is 5.61. The van der Waals surface area contributed by atoms with Crippen molar-refractivity contribution in [3.8, 4) is 11.1 Å². The van der Waals surface area contributed by atoms with Gasteiger partial charge in [0.2, 0.25) is 0 Å². The fraction of sp³-hybridized carbons (Fsp3) is 0.208.